The van der Waals surface area contributed by atoms with Gasteiger partial charge in [-0.3, -0.25) is 24.5 Å². The van der Waals surface area contributed by atoms with Crippen molar-refractivity contribution in [3.05, 3.63) is 67.9 Å². The van der Waals surface area contributed by atoms with Gasteiger partial charge in [-0.15, -0.1) is 0 Å². The van der Waals surface area contributed by atoms with Gasteiger partial charge in [0.1, 0.15) is 5.82 Å². The number of rotatable bonds is 4. The summed E-state index contributed by atoms with van der Waals surface area (Å²) in [5.41, 5.74) is -0.891. The average Bonchev–Trinajstić information content (AvgIpc) is 2.55. The number of nitro groups is 1. The van der Waals surface area contributed by atoms with Gasteiger partial charge in [0.2, 0.25) is 5.91 Å². The summed E-state index contributed by atoms with van der Waals surface area (Å²) in [6.07, 6.45) is 1.83. The van der Waals surface area contributed by atoms with E-state index in [1.165, 1.54) is 18.3 Å². The lowest BCUT2D eigenvalue weighted by atomic mass is 9.98. The minimum Gasteiger partial charge on any atom is -0.326 e. The Kier molecular flexibility index (Phi) is 4.14. The number of aryl methyl sites for hydroxylation is 1. The van der Waals surface area contributed by atoms with Gasteiger partial charge in [0.05, 0.1) is 17.0 Å². The van der Waals surface area contributed by atoms with Crippen LogP contribution in [0.15, 0.2) is 35.3 Å². The van der Waals surface area contributed by atoms with Crippen molar-refractivity contribution in [2.24, 2.45) is 0 Å². The molecule has 0 radical (unpaired) electrons. The number of pyridine rings is 1. The number of Topliss-reactive ketones (excluding diaryl/α,β-unsaturated/α-hetero) is 1. The quantitative estimate of drug-likeness (QED) is 0.515. The van der Waals surface area contributed by atoms with Crippen molar-refractivity contribution in [3.8, 4) is 0 Å². The standard InChI is InChI=1S/C16H12FN3O5/c17-11-7-12-9(3-4-15(22)18-12)6-10(11)14(21)8-19-5-1-2-13(16(19)23)20(24)25/h1-2,5-7H,3-4,8H2,(H,18,22). The maximum atomic E-state index is 14.2. The molecule has 1 aromatic carbocycles. The fourth-order valence-electron chi connectivity index (χ4n) is 2.64. The number of hydrogen-bond donors (Lipinski definition) is 1. The molecule has 0 aliphatic carbocycles. The number of carbonyl (C=O) groups is 2. The van der Waals surface area contributed by atoms with Crippen LogP contribution in [0.4, 0.5) is 15.8 Å². The van der Waals surface area contributed by atoms with Crippen LogP contribution in [0.25, 0.3) is 0 Å². The Morgan fingerprint density at radius 2 is 2.08 bits per heavy atom. The molecule has 8 nitrogen and oxygen atoms in total. The van der Waals surface area contributed by atoms with Gasteiger partial charge in [-0.1, -0.05) is 0 Å². The number of anilines is 1. The fraction of sp³-hybridized carbons (Fsp3) is 0.188. The number of halogens is 1. The number of ketones is 1. The van der Waals surface area contributed by atoms with Crippen LogP contribution in [-0.4, -0.2) is 21.2 Å². The number of aromatic nitrogens is 1. The van der Waals surface area contributed by atoms with Crippen molar-refractivity contribution in [2.75, 3.05) is 5.32 Å². The molecule has 2 aromatic rings. The van der Waals surface area contributed by atoms with Crippen molar-refractivity contribution < 1.29 is 18.9 Å². The normalized spacial score (nSPS) is 13.1. The lowest BCUT2D eigenvalue weighted by Crippen LogP contribution is -2.26. The second-order valence-electron chi connectivity index (χ2n) is 5.54. The van der Waals surface area contributed by atoms with Gasteiger partial charge in [0.25, 0.3) is 0 Å². The van der Waals surface area contributed by atoms with Gasteiger partial charge in [0, 0.05) is 24.4 Å². The number of benzene rings is 1. The summed E-state index contributed by atoms with van der Waals surface area (Å²) in [4.78, 5) is 45.6. The highest BCUT2D eigenvalue weighted by molar-refractivity contribution is 5.99. The molecule has 1 aliphatic heterocycles. The summed E-state index contributed by atoms with van der Waals surface area (Å²) >= 11 is 0. The molecule has 0 saturated heterocycles. The Hall–Kier alpha value is -3.36. The molecule has 3 rings (SSSR count). The summed E-state index contributed by atoms with van der Waals surface area (Å²) in [6.45, 7) is -0.525. The van der Waals surface area contributed by atoms with E-state index in [0.29, 0.717) is 17.7 Å². The minimum atomic E-state index is -0.938. The second kappa shape index (κ2) is 6.27. The van der Waals surface area contributed by atoms with Crippen molar-refractivity contribution in [3.63, 3.8) is 0 Å². The Morgan fingerprint density at radius 1 is 1.32 bits per heavy atom. The van der Waals surface area contributed by atoms with Crippen LogP contribution < -0.4 is 10.9 Å². The molecule has 1 aliphatic rings. The lowest BCUT2D eigenvalue weighted by Gasteiger charge is -2.18. The molecule has 0 atom stereocenters. The van der Waals surface area contributed by atoms with Crippen molar-refractivity contribution >= 4 is 23.1 Å². The minimum absolute atomic E-state index is 0.228. The van der Waals surface area contributed by atoms with Gasteiger partial charge in [-0.25, -0.2) is 4.39 Å². The molecule has 1 amide bonds. The maximum absolute atomic E-state index is 14.2. The van der Waals surface area contributed by atoms with Gasteiger partial charge in [0.15, 0.2) is 5.78 Å². The Labute approximate surface area is 140 Å². The zero-order valence-corrected chi connectivity index (χ0v) is 12.8. The molecular formula is C16H12FN3O5. The van der Waals surface area contributed by atoms with Crippen LogP contribution in [-0.2, 0) is 17.8 Å². The third-order valence-corrected chi connectivity index (χ3v) is 3.90. The molecule has 9 heteroatoms. The molecule has 0 bridgehead atoms. The van der Waals surface area contributed by atoms with Crippen LogP contribution in [0.5, 0.6) is 0 Å². The van der Waals surface area contributed by atoms with Crippen molar-refractivity contribution in [1.29, 1.82) is 0 Å². The molecule has 1 N–H and O–H groups in total. The molecule has 128 valence electrons. The summed E-state index contributed by atoms with van der Waals surface area (Å²) in [6, 6.07) is 4.71. The smallest absolute Gasteiger partial charge is 0.326 e. The molecular weight excluding hydrogens is 333 g/mol. The summed E-state index contributed by atoms with van der Waals surface area (Å²) in [7, 11) is 0. The van der Waals surface area contributed by atoms with Gasteiger partial charge in [-0.05, 0) is 30.2 Å². The average molecular weight is 345 g/mol. The first-order chi connectivity index (χ1) is 11.9. The number of amides is 1. The number of nitrogens with zero attached hydrogens (tertiary/aromatic N) is 2. The second-order valence-corrected chi connectivity index (χ2v) is 5.54. The number of carbonyl (C=O) groups excluding carboxylic acids is 2. The zero-order valence-electron chi connectivity index (χ0n) is 12.8. The van der Waals surface area contributed by atoms with E-state index < -0.39 is 34.3 Å². The molecule has 0 spiro atoms. The van der Waals surface area contributed by atoms with Crippen LogP contribution in [0.2, 0.25) is 0 Å². The van der Waals surface area contributed by atoms with Gasteiger partial charge >= 0.3 is 11.2 Å². The fourth-order valence-corrected chi connectivity index (χ4v) is 2.64. The molecule has 2 heterocycles. The Bertz CT molecular complexity index is 967. The third-order valence-electron chi connectivity index (χ3n) is 3.90. The van der Waals surface area contributed by atoms with E-state index in [2.05, 4.69) is 5.32 Å². The van der Waals surface area contributed by atoms with Crippen LogP contribution in [0.1, 0.15) is 22.3 Å². The third kappa shape index (κ3) is 3.16. The molecule has 0 saturated carbocycles. The highest BCUT2D eigenvalue weighted by Crippen LogP contribution is 2.26. The first-order valence-corrected chi connectivity index (χ1v) is 7.36. The monoisotopic (exact) mass is 345 g/mol. The number of fused-ring (bicyclic) bond motifs is 1. The van der Waals surface area contributed by atoms with E-state index in [9.17, 15) is 28.9 Å². The highest BCUT2D eigenvalue weighted by Gasteiger charge is 2.22. The largest absolute Gasteiger partial charge is 0.334 e. The highest BCUT2D eigenvalue weighted by atomic mass is 19.1. The van der Waals surface area contributed by atoms with Gasteiger partial charge < -0.3 is 9.88 Å². The predicted molar refractivity (Wildman–Crippen MR) is 85.0 cm³/mol. The van der Waals surface area contributed by atoms with E-state index in [0.717, 1.165) is 16.7 Å². The summed E-state index contributed by atoms with van der Waals surface area (Å²) in [5.74, 6) is -1.75. The molecule has 25 heavy (non-hydrogen) atoms. The van der Waals surface area contributed by atoms with E-state index in [1.54, 1.807) is 0 Å². The number of hydrogen-bond acceptors (Lipinski definition) is 5. The predicted octanol–water partition coefficient (Wildman–Crippen LogP) is 1.66. The van der Waals surface area contributed by atoms with E-state index >= 15 is 0 Å². The molecule has 1 aromatic heterocycles. The van der Waals surface area contributed by atoms with E-state index in [1.807, 2.05) is 0 Å². The van der Waals surface area contributed by atoms with Crippen molar-refractivity contribution in [1.82, 2.24) is 4.57 Å². The van der Waals surface area contributed by atoms with Crippen LogP contribution in [0.3, 0.4) is 0 Å². The Balaban J connectivity index is 1.93. The SMILES string of the molecule is O=C1CCc2cc(C(=O)Cn3cccc([N+](=O)[O-])c3=O)c(F)cc2N1. The first-order valence-electron chi connectivity index (χ1n) is 7.36. The topological polar surface area (TPSA) is 111 Å². The molecule has 0 unspecified atom stereocenters. The first kappa shape index (κ1) is 16.5. The summed E-state index contributed by atoms with van der Waals surface area (Å²) in [5, 5.41) is 13.3. The van der Waals surface area contributed by atoms with Crippen LogP contribution >= 0.6 is 0 Å². The maximum Gasteiger partial charge on any atom is 0.334 e. The van der Waals surface area contributed by atoms with E-state index in [4.69, 9.17) is 0 Å². The molecule has 0 fully saturated rings. The lowest BCUT2D eigenvalue weighted by molar-refractivity contribution is -0.386. The van der Waals surface area contributed by atoms with Crippen molar-refractivity contribution in [2.45, 2.75) is 19.4 Å². The zero-order chi connectivity index (χ0) is 18.1. The van der Waals surface area contributed by atoms with Crippen LogP contribution in [0, 0.1) is 15.9 Å². The van der Waals surface area contributed by atoms with Gasteiger partial charge in [-0.2, -0.15) is 0 Å². The Morgan fingerprint density at radius 3 is 2.80 bits per heavy atom. The number of nitrogens with one attached hydrogen (secondary N) is 1. The summed E-state index contributed by atoms with van der Waals surface area (Å²) < 4.78 is 15.1. The van der Waals surface area contributed by atoms with E-state index in [-0.39, 0.29) is 17.9 Å².